The molecule has 9 nitrogen and oxygen atoms in total. The van der Waals surface area contributed by atoms with Crippen molar-refractivity contribution in [2.24, 2.45) is 0 Å². The van der Waals surface area contributed by atoms with E-state index in [1.807, 2.05) is 16.8 Å². The first-order valence-electron chi connectivity index (χ1n) is 10.8. The van der Waals surface area contributed by atoms with Crippen LogP contribution in [0.25, 0.3) is 22.8 Å². The fourth-order valence-corrected chi connectivity index (χ4v) is 4.14. The molecule has 1 aliphatic heterocycles. The molecule has 33 heavy (non-hydrogen) atoms. The number of hydrogen-bond acceptors (Lipinski definition) is 7. The Kier molecular flexibility index (Phi) is 5.40. The molecule has 3 aromatic heterocycles. The minimum Gasteiger partial charge on any atom is -0.368 e. The number of benzene rings is 1. The predicted molar refractivity (Wildman–Crippen MR) is 126 cm³/mol. The number of anilines is 2. The van der Waals surface area contributed by atoms with Gasteiger partial charge in [-0.25, -0.2) is 9.07 Å². The van der Waals surface area contributed by atoms with E-state index < -0.39 is 0 Å². The number of halogens is 1. The molecule has 0 unspecified atom stereocenters. The molecule has 1 fully saturated rings. The monoisotopic (exact) mass is 445 g/mol. The van der Waals surface area contributed by atoms with Gasteiger partial charge in [-0.15, -0.1) is 5.10 Å². The first kappa shape index (κ1) is 20.9. The molecular weight excluding hydrogens is 421 g/mol. The third-order valence-electron chi connectivity index (χ3n) is 5.88. The van der Waals surface area contributed by atoms with Crippen LogP contribution in [0, 0.1) is 17.7 Å². The van der Waals surface area contributed by atoms with Gasteiger partial charge in [0.2, 0.25) is 11.8 Å². The molecule has 0 saturated carbocycles. The van der Waals surface area contributed by atoms with Gasteiger partial charge in [0.25, 0.3) is 0 Å². The van der Waals surface area contributed by atoms with Crippen LogP contribution in [0.15, 0.2) is 31.0 Å². The number of aromatic nitrogens is 6. The van der Waals surface area contributed by atoms with Crippen molar-refractivity contribution in [3.8, 4) is 11.8 Å². The van der Waals surface area contributed by atoms with Crippen LogP contribution in [0.5, 0.6) is 0 Å². The summed E-state index contributed by atoms with van der Waals surface area (Å²) in [6.07, 6.45) is 3.39. The highest BCUT2D eigenvalue weighted by Gasteiger charge is 2.20. The van der Waals surface area contributed by atoms with Crippen LogP contribution < -0.4 is 10.6 Å². The Morgan fingerprint density at radius 1 is 1.15 bits per heavy atom. The molecule has 1 aromatic carbocycles. The molecule has 0 radical (unpaired) electrons. The third kappa shape index (κ3) is 3.87. The van der Waals surface area contributed by atoms with E-state index in [0.717, 1.165) is 43.7 Å². The van der Waals surface area contributed by atoms with Crippen LogP contribution >= 0.6 is 0 Å². The van der Waals surface area contributed by atoms with E-state index in [-0.39, 0.29) is 11.8 Å². The molecule has 168 valence electrons. The van der Waals surface area contributed by atoms with Crippen molar-refractivity contribution in [3.05, 3.63) is 48.2 Å². The molecule has 5 rings (SSSR count). The second-order valence-corrected chi connectivity index (χ2v) is 7.86. The Morgan fingerprint density at radius 3 is 2.70 bits per heavy atom. The zero-order valence-electron chi connectivity index (χ0n) is 18.4. The largest absolute Gasteiger partial charge is 0.368 e. The van der Waals surface area contributed by atoms with E-state index in [1.165, 1.54) is 10.6 Å². The second-order valence-electron chi connectivity index (χ2n) is 7.86. The van der Waals surface area contributed by atoms with Gasteiger partial charge in [0.15, 0.2) is 11.3 Å². The zero-order valence-corrected chi connectivity index (χ0v) is 18.4. The second kappa shape index (κ2) is 8.52. The van der Waals surface area contributed by atoms with E-state index >= 15 is 0 Å². The standard InChI is InChI=1S/C23H24FN9/c1-3-5-20-27-22-17-15-26-32(21(17)28-23(25)33(22)29-20)13-10-30-8-11-31(12-9-30)19-7-6-16(4-2)14-18(19)24/h4,6-7,14-15H,2,8-13H2,1H3,(H2,25,28). The summed E-state index contributed by atoms with van der Waals surface area (Å²) in [6, 6.07) is 5.25. The van der Waals surface area contributed by atoms with Gasteiger partial charge in [0.05, 0.1) is 23.8 Å². The molecular formula is C23H24FN9. The van der Waals surface area contributed by atoms with Gasteiger partial charge in [-0.3, -0.25) is 4.90 Å². The van der Waals surface area contributed by atoms with Crippen molar-refractivity contribution in [1.82, 2.24) is 34.3 Å². The number of nitrogens with two attached hydrogens (primary N) is 1. The number of fused-ring (bicyclic) bond motifs is 3. The summed E-state index contributed by atoms with van der Waals surface area (Å²) in [5, 5.41) is 9.58. The maximum atomic E-state index is 14.4. The Morgan fingerprint density at radius 2 is 1.97 bits per heavy atom. The highest BCUT2D eigenvalue weighted by Crippen LogP contribution is 2.23. The maximum Gasteiger partial charge on any atom is 0.226 e. The Bertz CT molecular complexity index is 1400. The number of hydrogen-bond donors (Lipinski definition) is 1. The number of nitrogen functional groups attached to an aromatic ring is 1. The fourth-order valence-electron chi connectivity index (χ4n) is 4.14. The van der Waals surface area contributed by atoms with Crippen molar-refractivity contribution in [3.63, 3.8) is 0 Å². The lowest BCUT2D eigenvalue weighted by molar-refractivity contribution is 0.245. The van der Waals surface area contributed by atoms with Gasteiger partial charge in [-0.1, -0.05) is 24.6 Å². The lowest BCUT2D eigenvalue weighted by Crippen LogP contribution is -2.47. The third-order valence-corrected chi connectivity index (χ3v) is 5.88. The molecule has 0 aliphatic carbocycles. The van der Waals surface area contributed by atoms with Crippen molar-refractivity contribution in [1.29, 1.82) is 0 Å². The Hall–Kier alpha value is -3.97. The van der Waals surface area contributed by atoms with Crippen molar-refractivity contribution >= 4 is 34.4 Å². The van der Waals surface area contributed by atoms with Crippen LogP contribution in [0.3, 0.4) is 0 Å². The van der Waals surface area contributed by atoms with Crippen molar-refractivity contribution < 1.29 is 4.39 Å². The molecule has 0 bridgehead atoms. The Labute approximate surface area is 190 Å². The molecule has 2 N–H and O–H groups in total. The first-order valence-corrected chi connectivity index (χ1v) is 10.8. The van der Waals surface area contributed by atoms with Crippen molar-refractivity contribution in [2.75, 3.05) is 43.4 Å². The SMILES string of the molecule is C=Cc1ccc(N2CCN(CCn3ncc4c3nc(N)n3nc(C#CC)nc43)CC2)c(F)c1. The van der Waals surface area contributed by atoms with Gasteiger partial charge < -0.3 is 10.6 Å². The molecule has 4 heterocycles. The quantitative estimate of drug-likeness (QED) is 0.470. The normalized spacial score (nSPS) is 14.5. The summed E-state index contributed by atoms with van der Waals surface area (Å²) in [7, 11) is 0. The number of nitrogens with zero attached hydrogens (tertiary/aromatic N) is 8. The number of rotatable bonds is 5. The predicted octanol–water partition coefficient (Wildman–Crippen LogP) is 2.03. The van der Waals surface area contributed by atoms with E-state index in [2.05, 4.69) is 48.4 Å². The fraction of sp³-hybridized carbons (Fsp3) is 0.304. The van der Waals surface area contributed by atoms with Crippen LogP contribution in [-0.2, 0) is 6.54 Å². The Balaban J connectivity index is 1.27. The number of piperazine rings is 1. The van der Waals surface area contributed by atoms with Gasteiger partial charge >= 0.3 is 0 Å². The molecule has 0 spiro atoms. The highest BCUT2D eigenvalue weighted by molar-refractivity contribution is 5.89. The summed E-state index contributed by atoms with van der Waals surface area (Å²) < 4.78 is 17.8. The van der Waals surface area contributed by atoms with Gasteiger partial charge in [-0.2, -0.15) is 19.6 Å². The summed E-state index contributed by atoms with van der Waals surface area (Å²) in [5.74, 6) is 6.08. The molecule has 1 saturated heterocycles. The smallest absolute Gasteiger partial charge is 0.226 e. The van der Waals surface area contributed by atoms with Crippen LogP contribution in [-0.4, -0.2) is 67.0 Å². The zero-order chi connectivity index (χ0) is 22.9. The molecule has 10 heteroatoms. The lowest BCUT2D eigenvalue weighted by atomic mass is 10.1. The average Bonchev–Trinajstić information content (AvgIpc) is 3.43. The summed E-state index contributed by atoms with van der Waals surface area (Å²) in [4.78, 5) is 13.4. The van der Waals surface area contributed by atoms with Crippen molar-refractivity contribution in [2.45, 2.75) is 13.5 Å². The van der Waals surface area contributed by atoms with Crippen LogP contribution in [0.4, 0.5) is 16.0 Å². The summed E-state index contributed by atoms with van der Waals surface area (Å²) >= 11 is 0. The highest BCUT2D eigenvalue weighted by atomic mass is 19.1. The minimum absolute atomic E-state index is 0.208. The van der Waals surface area contributed by atoms with Gasteiger partial charge in [-0.05, 0) is 30.5 Å². The molecule has 0 atom stereocenters. The summed E-state index contributed by atoms with van der Waals surface area (Å²) in [5.41, 5.74) is 8.80. The molecule has 4 aromatic rings. The van der Waals surface area contributed by atoms with Crippen LogP contribution in [0.1, 0.15) is 18.3 Å². The van der Waals surface area contributed by atoms with Gasteiger partial charge in [0.1, 0.15) is 5.82 Å². The maximum absolute atomic E-state index is 14.4. The van der Waals surface area contributed by atoms with E-state index in [9.17, 15) is 4.39 Å². The molecule has 1 aliphatic rings. The van der Waals surface area contributed by atoms with E-state index in [4.69, 9.17) is 5.73 Å². The topological polar surface area (TPSA) is 93.4 Å². The van der Waals surface area contributed by atoms with Gasteiger partial charge in [0, 0.05) is 32.7 Å². The van der Waals surface area contributed by atoms with Crippen LogP contribution in [0.2, 0.25) is 0 Å². The average molecular weight is 446 g/mol. The lowest BCUT2D eigenvalue weighted by Gasteiger charge is -2.36. The molecule has 0 amide bonds. The minimum atomic E-state index is -0.208. The first-order chi connectivity index (χ1) is 16.1. The summed E-state index contributed by atoms with van der Waals surface area (Å²) in [6.45, 7) is 10.1. The van der Waals surface area contributed by atoms with E-state index in [1.54, 1.807) is 19.2 Å². The van der Waals surface area contributed by atoms with E-state index in [0.29, 0.717) is 29.4 Å².